The smallest absolute Gasteiger partial charge is 0.410 e. The van der Waals surface area contributed by atoms with Gasteiger partial charge in [0.05, 0.1) is 24.6 Å². The molecule has 8 nitrogen and oxygen atoms in total. The number of hydrogen-bond donors (Lipinski definition) is 1. The van der Waals surface area contributed by atoms with Crippen molar-refractivity contribution in [3.05, 3.63) is 36.6 Å². The molecule has 2 aliphatic heterocycles. The molecule has 0 aromatic heterocycles. The third-order valence-electron chi connectivity index (χ3n) is 6.45. The second kappa shape index (κ2) is 10.3. The number of ether oxygens (including phenoxy) is 2. The van der Waals surface area contributed by atoms with Gasteiger partial charge in [0.1, 0.15) is 25.6 Å². The molecule has 2 fully saturated rings. The minimum absolute atomic E-state index is 0.000664. The Labute approximate surface area is 187 Å². The number of carbonyl (C=O) groups is 3. The second-order valence-electron chi connectivity index (χ2n) is 8.39. The molecular formula is C23H31FN2O6. The van der Waals surface area contributed by atoms with Gasteiger partial charge in [-0.2, -0.15) is 0 Å². The maximum Gasteiger partial charge on any atom is 0.410 e. The Balaban J connectivity index is 1.94. The highest BCUT2D eigenvalue weighted by Crippen LogP contribution is 2.54. The molecule has 1 aliphatic carbocycles. The highest BCUT2D eigenvalue weighted by molar-refractivity contribution is 6.01. The number of fused-ring (bicyclic) bond motifs is 3. The van der Waals surface area contributed by atoms with E-state index in [-0.39, 0.29) is 55.8 Å². The predicted octanol–water partition coefficient (Wildman–Crippen LogP) is 2.20. The minimum atomic E-state index is -0.842. The van der Waals surface area contributed by atoms with Crippen LogP contribution in [0.5, 0.6) is 0 Å². The fourth-order valence-corrected chi connectivity index (χ4v) is 5.23. The third kappa shape index (κ3) is 4.30. The number of rotatable bonds is 10. The zero-order valence-electron chi connectivity index (χ0n) is 18.4. The summed E-state index contributed by atoms with van der Waals surface area (Å²) in [7, 11) is 0. The van der Waals surface area contributed by atoms with Crippen molar-refractivity contribution in [1.29, 1.82) is 0 Å². The summed E-state index contributed by atoms with van der Waals surface area (Å²) in [6, 6.07) is -0.311. The molecular weight excluding hydrogens is 419 g/mol. The molecule has 0 radical (unpaired) electrons. The summed E-state index contributed by atoms with van der Waals surface area (Å²) >= 11 is 0. The van der Waals surface area contributed by atoms with Crippen molar-refractivity contribution in [2.45, 2.75) is 38.3 Å². The van der Waals surface area contributed by atoms with E-state index >= 15 is 0 Å². The molecule has 32 heavy (non-hydrogen) atoms. The van der Waals surface area contributed by atoms with Crippen LogP contribution >= 0.6 is 0 Å². The van der Waals surface area contributed by atoms with E-state index < -0.39 is 30.8 Å². The lowest BCUT2D eigenvalue weighted by molar-refractivity contribution is -0.164. The SMILES string of the molecule is C=CCOC(=O)C1=C2[C@@H](CN(CCF)C(=O)OCC=C)CCC[C@@H]2[C@@H]2[C@@H]([C@@H](C)O)C(=O)N12. The quantitative estimate of drug-likeness (QED) is 0.311. The maximum atomic E-state index is 13.2. The van der Waals surface area contributed by atoms with E-state index in [1.54, 1.807) is 6.92 Å². The number of esters is 1. The van der Waals surface area contributed by atoms with E-state index in [1.165, 1.54) is 22.0 Å². The van der Waals surface area contributed by atoms with Crippen LogP contribution in [-0.4, -0.2) is 78.0 Å². The average molecular weight is 451 g/mol. The van der Waals surface area contributed by atoms with Crippen LogP contribution < -0.4 is 0 Å². The number of aliphatic hydroxyl groups is 1. The fourth-order valence-electron chi connectivity index (χ4n) is 5.23. The Morgan fingerprint density at radius 1 is 1.28 bits per heavy atom. The van der Waals surface area contributed by atoms with Gasteiger partial charge in [-0.05, 0) is 25.3 Å². The van der Waals surface area contributed by atoms with Crippen LogP contribution in [0, 0.1) is 17.8 Å². The van der Waals surface area contributed by atoms with E-state index in [9.17, 15) is 23.9 Å². The number of β-lactam (4-membered cyclic amide) rings is 1. The van der Waals surface area contributed by atoms with Gasteiger partial charge in [-0.1, -0.05) is 31.7 Å². The van der Waals surface area contributed by atoms with Crippen LogP contribution in [0.25, 0.3) is 0 Å². The predicted molar refractivity (Wildman–Crippen MR) is 114 cm³/mol. The van der Waals surface area contributed by atoms with Crippen LogP contribution in [0.4, 0.5) is 9.18 Å². The Morgan fingerprint density at radius 2 is 1.97 bits per heavy atom. The highest BCUT2D eigenvalue weighted by Gasteiger charge is 2.62. The maximum absolute atomic E-state index is 13.2. The Morgan fingerprint density at radius 3 is 2.59 bits per heavy atom. The molecule has 0 spiro atoms. The van der Waals surface area contributed by atoms with Gasteiger partial charge in [-0.3, -0.25) is 4.79 Å². The van der Waals surface area contributed by atoms with Gasteiger partial charge < -0.3 is 24.4 Å². The summed E-state index contributed by atoms with van der Waals surface area (Å²) in [5.74, 6) is -1.88. The minimum Gasteiger partial charge on any atom is -0.457 e. The van der Waals surface area contributed by atoms with Crippen molar-refractivity contribution in [3.8, 4) is 0 Å². The zero-order valence-corrected chi connectivity index (χ0v) is 18.4. The van der Waals surface area contributed by atoms with Gasteiger partial charge in [0, 0.05) is 18.4 Å². The van der Waals surface area contributed by atoms with Crippen LogP contribution in [0.3, 0.4) is 0 Å². The molecule has 0 bridgehead atoms. The molecule has 2 heterocycles. The van der Waals surface area contributed by atoms with Crippen molar-refractivity contribution in [3.63, 3.8) is 0 Å². The summed E-state index contributed by atoms with van der Waals surface area (Å²) in [5, 5.41) is 10.2. The number of nitrogens with zero attached hydrogens (tertiary/aromatic N) is 2. The lowest BCUT2D eigenvalue weighted by Crippen LogP contribution is -2.64. The first-order valence-corrected chi connectivity index (χ1v) is 11.0. The highest BCUT2D eigenvalue weighted by atomic mass is 19.1. The monoisotopic (exact) mass is 450 g/mol. The number of aliphatic hydroxyl groups excluding tert-OH is 1. The largest absolute Gasteiger partial charge is 0.457 e. The number of carbonyl (C=O) groups excluding carboxylic acids is 3. The number of amides is 2. The van der Waals surface area contributed by atoms with Gasteiger partial charge in [-0.25, -0.2) is 14.0 Å². The zero-order chi connectivity index (χ0) is 23.4. The summed E-state index contributed by atoms with van der Waals surface area (Å²) < 4.78 is 23.5. The van der Waals surface area contributed by atoms with Crippen LogP contribution in [-0.2, 0) is 19.1 Å². The molecule has 0 aromatic carbocycles. The molecule has 1 saturated heterocycles. The van der Waals surface area contributed by atoms with Gasteiger partial charge in [0.2, 0.25) is 5.91 Å². The molecule has 0 aromatic rings. The third-order valence-corrected chi connectivity index (χ3v) is 6.45. The molecule has 5 atom stereocenters. The normalized spacial score (nSPS) is 27.1. The first-order valence-electron chi connectivity index (χ1n) is 11.0. The number of alkyl halides is 1. The molecule has 3 aliphatic rings. The number of hydrogen-bond acceptors (Lipinski definition) is 6. The van der Waals surface area contributed by atoms with Crippen molar-refractivity contribution in [1.82, 2.24) is 9.80 Å². The van der Waals surface area contributed by atoms with E-state index in [0.717, 1.165) is 18.4 Å². The number of halogens is 1. The van der Waals surface area contributed by atoms with Crippen LogP contribution in [0.1, 0.15) is 26.2 Å². The summed E-state index contributed by atoms with van der Waals surface area (Å²) in [6.45, 7) is 7.94. The van der Waals surface area contributed by atoms with Crippen LogP contribution in [0.15, 0.2) is 36.6 Å². The average Bonchev–Trinajstić information content (AvgIpc) is 3.06. The van der Waals surface area contributed by atoms with Gasteiger partial charge in [0.25, 0.3) is 0 Å². The Bertz CT molecular complexity index is 810. The lowest BCUT2D eigenvalue weighted by Gasteiger charge is -2.47. The molecule has 176 valence electrons. The van der Waals surface area contributed by atoms with Gasteiger partial charge in [0.15, 0.2) is 0 Å². The topological polar surface area (TPSA) is 96.4 Å². The van der Waals surface area contributed by atoms with E-state index in [4.69, 9.17) is 9.47 Å². The Hall–Kier alpha value is -2.68. The Kier molecular flexibility index (Phi) is 7.71. The lowest BCUT2D eigenvalue weighted by atomic mass is 9.69. The van der Waals surface area contributed by atoms with Gasteiger partial charge >= 0.3 is 12.1 Å². The van der Waals surface area contributed by atoms with Crippen molar-refractivity contribution < 1.29 is 33.4 Å². The summed E-state index contributed by atoms with van der Waals surface area (Å²) in [6.07, 6.45) is 3.64. The van der Waals surface area contributed by atoms with E-state index in [0.29, 0.717) is 6.42 Å². The summed E-state index contributed by atoms with van der Waals surface area (Å²) in [4.78, 5) is 40.9. The van der Waals surface area contributed by atoms with Crippen LogP contribution in [0.2, 0.25) is 0 Å². The van der Waals surface area contributed by atoms with Crippen molar-refractivity contribution in [2.24, 2.45) is 17.8 Å². The summed E-state index contributed by atoms with van der Waals surface area (Å²) in [5.41, 5.74) is 0.959. The fraction of sp³-hybridized carbons (Fsp3) is 0.609. The molecule has 3 rings (SSSR count). The van der Waals surface area contributed by atoms with Gasteiger partial charge in [-0.15, -0.1) is 0 Å². The molecule has 1 N–H and O–H groups in total. The van der Waals surface area contributed by atoms with E-state index in [2.05, 4.69) is 13.2 Å². The molecule has 0 unspecified atom stereocenters. The first kappa shape index (κ1) is 24.0. The second-order valence-corrected chi connectivity index (χ2v) is 8.39. The van der Waals surface area contributed by atoms with Crippen molar-refractivity contribution in [2.75, 3.05) is 33.0 Å². The molecule has 2 amide bonds. The standard InChI is InChI=1S/C23H31FN2O6/c1-4-11-31-22(29)20-18-15(13-25(10-9-24)23(30)32-12-5-2)7-6-8-16(18)19-17(14(3)27)21(28)26(19)20/h4-5,14-17,19,27H,1-2,6-13H2,3H3/t14-,15-,16+,17-,19-/m1/s1. The molecule has 1 saturated carbocycles. The van der Waals surface area contributed by atoms with E-state index in [1.807, 2.05) is 0 Å². The molecule has 9 heteroatoms. The first-order chi connectivity index (χ1) is 15.4. The van der Waals surface area contributed by atoms with Crippen molar-refractivity contribution >= 4 is 18.0 Å².